The minimum atomic E-state index is -1.20. The van der Waals surface area contributed by atoms with Crippen LogP contribution in [0.15, 0.2) is 0 Å². The van der Waals surface area contributed by atoms with E-state index in [4.69, 9.17) is 4.74 Å². The van der Waals surface area contributed by atoms with E-state index < -0.39 is 65.8 Å². The first-order chi connectivity index (χ1) is 23.9. The van der Waals surface area contributed by atoms with Gasteiger partial charge in [0.1, 0.15) is 24.2 Å². The highest BCUT2D eigenvalue weighted by Crippen LogP contribution is 2.16. The van der Waals surface area contributed by atoms with Crippen molar-refractivity contribution < 1.29 is 43.7 Å². The van der Waals surface area contributed by atoms with Crippen molar-refractivity contribution in [1.82, 2.24) is 21.3 Å². The molecule has 13 nitrogen and oxygen atoms in total. The zero-order valence-corrected chi connectivity index (χ0v) is 32.8. The number of ether oxygens (including phenoxy) is 1. The molecule has 0 aliphatic heterocycles. The van der Waals surface area contributed by atoms with Gasteiger partial charge in [-0.05, 0) is 55.8 Å². The second kappa shape index (κ2) is 26.5. The average molecular weight is 727 g/mol. The Labute approximate surface area is 306 Å². The van der Waals surface area contributed by atoms with Crippen LogP contribution in [0.4, 0.5) is 0 Å². The molecule has 6 unspecified atom stereocenters. The monoisotopic (exact) mass is 727 g/mol. The number of rotatable bonds is 28. The maximum absolute atomic E-state index is 13.6. The molecule has 0 rings (SSSR count). The molecule has 6 atom stereocenters. The summed E-state index contributed by atoms with van der Waals surface area (Å²) in [4.78, 5) is 77.1. The molecule has 0 spiro atoms. The molecule has 0 fully saturated rings. The molecule has 13 heteroatoms. The van der Waals surface area contributed by atoms with Crippen LogP contribution in [0.25, 0.3) is 0 Å². The maximum atomic E-state index is 13.6. The number of carbonyl (C=O) groups is 6. The second-order valence-corrected chi connectivity index (χ2v) is 15.4. The summed E-state index contributed by atoms with van der Waals surface area (Å²) in [7, 11) is 1.21. The van der Waals surface area contributed by atoms with Gasteiger partial charge < -0.3 is 36.2 Å². The minimum Gasteiger partial charge on any atom is -0.480 e. The Balaban J connectivity index is 5.62. The van der Waals surface area contributed by atoms with Crippen LogP contribution in [0.3, 0.4) is 0 Å². The number of nitrogens with one attached hydrogen (secondary N) is 4. The van der Waals surface area contributed by atoms with Crippen molar-refractivity contribution in [3.05, 3.63) is 0 Å². The number of carboxylic acid groups (broad SMARTS) is 1. The van der Waals surface area contributed by atoms with E-state index in [9.17, 15) is 39.0 Å². The molecule has 0 aromatic heterocycles. The number of esters is 1. The van der Waals surface area contributed by atoms with Crippen LogP contribution in [-0.2, 0) is 33.5 Å². The number of aliphatic hydroxyl groups excluding tert-OH is 1. The first-order valence-corrected chi connectivity index (χ1v) is 19.1. The second-order valence-electron chi connectivity index (χ2n) is 15.4. The van der Waals surface area contributed by atoms with Gasteiger partial charge in [0.2, 0.25) is 23.6 Å². The topological polar surface area (TPSA) is 200 Å². The van der Waals surface area contributed by atoms with E-state index in [0.717, 1.165) is 31.6 Å². The Morgan fingerprint density at radius 1 is 0.588 bits per heavy atom. The normalized spacial score (nSPS) is 15.0. The molecule has 0 saturated carbocycles. The van der Waals surface area contributed by atoms with Crippen LogP contribution in [0, 0.1) is 23.7 Å². The summed E-state index contributed by atoms with van der Waals surface area (Å²) in [6.07, 6.45) is 7.25. The average Bonchev–Trinajstić information content (AvgIpc) is 3.03. The summed E-state index contributed by atoms with van der Waals surface area (Å²) in [5.74, 6) is -3.64. The number of methoxy groups -OCH3 is 1. The van der Waals surface area contributed by atoms with Crippen LogP contribution in [0.5, 0.6) is 0 Å². The van der Waals surface area contributed by atoms with E-state index in [1.807, 2.05) is 41.5 Å². The number of aliphatic hydroxyl groups is 1. The van der Waals surface area contributed by atoms with Crippen LogP contribution in [0.2, 0.25) is 0 Å². The predicted octanol–water partition coefficient (Wildman–Crippen LogP) is 4.63. The van der Waals surface area contributed by atoms with Crippen molar-refractivity contribution in [2.75, 3.05) is 7.11 Å². The zero-order valence-electron chi connectivity index (χ0n) is 32.8. The van der Waals surface area contributed by atoms with Crippen molar-refractivity contribution in [3.8, 4) is 0 Å². The maximum Gasteiger partial charge on any atom is 0.326 e. The standard InChI is InChI=1S/C38H70N4O9/c1-10-27(8)16-14-12-11-13-15-17-28(43)23-33(44)39-29(18-19-34(45)51-9)35(46)40-30(20-24(2)3)36(47)41-31(21-25(4)5)37(48)42-32(38(49)50)22-26(6)7/h24-32,43H,10-23H2,1-9H3,(H,39,44)(H,40,46)(H,41,47)(H,42,48)(H,49,50). The minimum absolute atomic E-state index is 0.00474. The Morgan fingerprint density at radius 2 is 1.02 bits per heavy atom. The molecule has 0 aliphatic carbocycles. The summed E-state index contributed by atoms with van der Waals surface area (Å²) in [6.45, 7) is 15.6. The number of carboxylic acids is 1. The summed E-state index contributed by atoms with van der Waals surface area (Å²) in [5.41, 5.74) is 0. The van der Waals surface area contributed by atoms with E-state index in [2.05, 4.69) is 35.1 Å². The van der Waals surface area contributed by atoms with Gasteiger partial charge in [0.05, 0.1) is 19.6 Å². The molecule has 0 aromatic rings. The zero-order chi connectivity index (χ0) is 39.1. The van der Waals surface area contributed by atoms with Gasteiger partial charge in [-0.1, -0.05) is 100 Å². The Hall–Kier alpha value is -3.22. The van der Waals surface area contributed by atoms with E-state index >= 15 is 0 Å². The molecule has 51 heavy (non-hydrogen) atoms. The summed E-state index contributed by atoms with van der Waals surface area (Å²) < 4.78 is 4.72. The number of unbranched alkanes of at least 4 members (excludes halogenated alkanes) is 4. The highest BCUT2D eigenvalue weighted by atomic mass is 16.5. The lowest BCUT2D eigenvalue weighted by Crippen LogP contribution is -2.58. The molecule has 6 N–H and O–H groups in total. The quantitative estimate of drug-likeness (QED) is 0.0491. The first kappa shape index (κ1) is 47.8. The van der Waals surface area contributed by atoms with Gasteiger partial charge in [0, 0.05) is 6.42 Å². The molecule has 0 aliphatic rings. The van der Waals surface area contributed by atoms with Gasteiger partial charge in [-0.25, -0.2) is 4.79 Å². The lowest BCUT2D eigenvalue weighted by Gasteiger charge is -2.27. The van der Waals surface area contributed by atoms with Crippen molar-refractivity contribution >= 4 is 35.6 Å². The van der Waals surface area contributed by atoms with Crippen molar-refractivity contribution in [1.29, 1.82) is 0 Å². The third-order valence-corrected chi connectivity index (χ3v) is 8.87. The third-order valence-electron chi connectivity index (χ3n) is 8.87. The van der Waals surface area contributed by atoms with Crippen LogP contribution in [0.1, 0.15) is 145 Å². The Kier molecular flexibility index (Phi) is 24.9. The van der Waals surface area contributed by atoms with E-state index in [1.165, 1.54) is 26.4 Å². The molecular weight excluding hydrogens is 656 g/mol. The number of hydrogen-bond acceptors (Lipinski definition) is 8. The van der Waals surface area contributed by atoms with Gasteiger partial charge in [-0.3, -0.25) is 24.0 Å². The van der Waals surface area contributed by atoms with Crippen LogP contribution in [-0.4, -0.2) is 83.2 Å². The first-order valence-electron chi connectivity index (χ1n) is 19.1. The molecule has 0 heterocycles. The smallest absolute Gasteiger partial charge is 0.326 e. The summed E-state index contributed by atoms with van der Waals surface area (Å²) >= 11 is 0. The lowest BCUT2D eigenvalue weighted by molar-refractivity contribution is -0.143. The van der Waals surface area contributed by atoms with Crippen molar-refractivity contribution in [3.63, 3.8) is 0 Å². The summed E-state index contributed by atoms with van der Waals surface area (Å²) in [6, 6.07) is -4.48. The van der Waals surface area contributed by atoms with Gasteiger partial charge in [-0.2, -0.15) is 0 Å². The van der Waals surface area contributed by atoms with E-state index in [0.29, 0.717) is 6.42 Å². The highest BCUT2D eigenvalue weighted by molar-refractivity contribution is 5.95. The van der Waals surface area contributed by atoms with Crippen molar-refractivity contribution in [2.45, 2.75) is 176 Å². The summed E-state index contributed by atoms with van der Waals surface area (Å²) in [5, 5.41) is 30.7. The SMILES string of the molecule is CCC(C)CCCCCCCC(O)CC(=O)NC(CCC(=O)OC)C(=O)NC(CC(C)C)C(=O)NC(CC(C)C)C(=O)NC(CC(C)C)C(=O)O. The number of carbonyl (C=O) groups excluding carboxylic acids is 5. The van der Waals surface area contributed by atoms with Gasteiger partial charge >= 0.3 is 11.9 Å². The fraction of sp³-hybridized carbons (Fsp3) is 0.842. The van der Waals surface area contributed by atoms with Gasteiger partial charge in [0.15, 0.2) is 0 Å². The van der Waals surface area contributed by atoms with Crippen molar-refractivity contribution in [2.24, 2.45) is 23.7 Å². The number of aliphatic carboxylic acids is 1. The van der Waals surface area contributed by atoms with Gasteiger partial charge in [0.25, 0.3) is 0 Å². The predicted molar refractivity (Wildman–Crippen MR) is 197 cm³/mol. The fourth-order valence-corrected chi connectivity index (χ4v) is 5.73. The molecule has 296 valence electrons. The highest BCUT2D eigenvalue weighted by Gasteiger charge is 2.32. The van der Waals surface area contributed by atoms with Crippen LogP contribution < -0.4 is 21.3 Å². The molecule has 0 radical (unpaired) electrons. The van der Waals surface area contributed by atoms with E-state index in [-0.39, 0.29) is 56.3 Å². The largest absolute Gasteiger partial charge is 0.480 e. The molecular formula is C38H70N4O9. The molecule has 0 bridgehead atoms. The Morgan fingerprint density at radius 3 is 1.47 bits per heavy atom. The van der Waals surface area contributed by atoms with Crippen LogP contribution >= 0.6 is 0 Å². The van der Waals surface area contributed by atoms with Gasteiger partial charge in [-0.15, -0.1) is 0 Å². The molecule has 0 aromatic carbocycles. The Bertz CT molecular complexity index is 1070. The third kappa shape index (κ3) is 23.1. The molecule has 0 saturated heterocycles. The molecule has 4 amide bonds. The lowest BCUT2D eigenvalue weighted by atomic mass is 9.98. The van der Waals surface area contributed by atoms with E-state index in [1.54, 1.807) is 0 Å². The number of hydrogen-bond donors (Lipinski definition) is 6. The fourth-order valence-electron chi connectivity index (χ4n) is 5.73. The number of amides is 4.